The Morgan fingerprint density at radius 1 is 1.57 bits per heavy atom. The standard InChI is InChI=1S/O4P2S/c1-5(2)4-6(3)7/p+2. The summed E-state index contributed by atoms with van der Waals surface area (Å²) in [5.41, 5.74) is 0. The summed E-state index contributed by atoms with van der Waals surface area (Å²) in [5.74, 6) is 0. The van der Waals surface area contributed by atoms with Gasteiger partial charge in [0.05, 0.1) is 0 Å². The summed E-state index contributed by atoms with van der Waals surface area (Å²) < 4.78 is 22.9. The minimum Gasteiger partial charge on any atom is -0.131 e. The van der Waals surface area contributed by atoms with E-state index in [0.717, 1.165) is 0 Å². The maximum absolute atomic E-state index is 9.70. The van der Waals surface area contributed by atoms with Crippen molar-refractivity contribution in [2.75, 3.05) is 0 Å². The van der Waals surface area contributed by atoms with Crippen LogP contribution in [0.1, 0.15) is 0 Å². The van der Waals surface area contributed by atoms with Crippen molar-refractivity contribution < 1.29 is 18.3 Å². The molecule has 1 N–H and O–H groups in total. The van der Waals surface area contributed by atoms with Gasteiger partial charge in [-0.1, -0.05) is 0 Å². The van der Waals surface area contributed by atoms with Crippen LogP contribution in [0.5, 0.6) is 0 Å². The third kappa shape index (κ3) is 6.47. The number of hydrogen-bond donors (Lipinski definition) is 2. The highest BCUT2D eigenvalue weighted by Gasteiger charge is 2.29. The Labute approximate surface area is 46.9 Å². The summed E-state index contributed by atoms with van der Waals surface area (Å²) in [6.45, 7) is 0. The van der Waals surface area contributed by atoms with Crippen molar-refractivity contribution in [1.29, 1.82) is 0 Å². The highest BCUT2D eigenvalue weighted by Crippen LogP contribution is 2.37. The first-order chi connectivity index (χ1) is 3.13. The Morgan fingerprint density at radius 2 is 2.00 bits per heavy atom. The third-order valence-electron chi connectivity index (χ3n) is 0.140. The minimum absolute atomic E-state index is 2.23. The van der Waals surface area contributed by atoms with E-state index in [-0.39, 0.29) is 0 Å². The predicted molar refractivity (Wildman–Crippen MR) is 27.5 cm³/mol. The van der Waals surface area contributed by atoms with E-state index in [0.29, 0.717) is 0 Å². The zero-order chi connectivity index (χ0) is 5.86. The van der Waals surface area contributed by atoms with Crippen LogP contribution in [0.2, 0.25) is 0 Å². The van der Waals surface area contributed by atoms with E-state index in [9.17, 15) is 9.13 Å². The van der Waals surface area contributed by atoms with Crippen molar-refractivity contribution in [3.8, 4) is 0 Å². The van der Waals surface area contributed by atoms with E-state index in [1.54, 1.807) is 0 Å². The highest BCUT2D eigenvalue weighted by molar-refractivity contribution is 8.39. The molecular formula is H2O4P2S+2. The molecule has 7 heavy (non-hydrogen) atoms. The van der Waals surface area contributed by atoms with E-state index in [1.165, 1.54) is 0 Å². The molecule has 0 aliphatic heterocycles. The molecule has 0 saturated carbocycles. The van der Waals surface area contributed by atoms with E-state index >= 15 is 0 Å². The predicted octanol–water partition coefficient (Wildman–Crippen LogP) is 1.24. The second kappa shape index (κ2) is 3.47. The summed E-state index contributed by atoms with van der Waals surface area (Å²) in [5, 5.41) is 0. The summed E-state index contributed by atoms with van der Waals surface area (Å²) in [6, 6.07) is 0. The zero-order valence-corrected chi connectivity index (χ0v) is 5.70. The molecule has 4 nitrogen and oxygen atoms in total. The molecular weight excluding hydrogens is 158 g/mol. The van der Waals surface area contributed by atoms with Gasteiger partial charge in [-0.15, -0.1) is 4.89 Å². The molecule has 0 radical (unpaired) electrons. The van der Waals surface area contributed by atoms with Gasteiger partial charge in [0.15, 0.2) is 4.31 Å². The molecule has 0 aromatic rings. The second-order valence-corrected chi connectivity index (χ2v) is 3.14. The molecule has 40 valence electrons. The molecule has 0 aliphatic rings. The number of hydrogen-bond acceptors (Lipinski definition) is 3. The van der Waals surface area contributed by atoms with Gasteiger partial charge in [-0.25, -0.2) is 0 Å². The topological polar surface area (TPSA) is 63.6 Å². The Kier molecular flexibility index (Phi) is 3.70. The quantitative estimate of drug-likeness (QED) is 0.471. The van der Waals surface area contributed by atoms with Crippen molar-refractivity contribution in [2.24, 2.45) is 0 Å². The molecule has 0 rings (SSSR count). The highest BCUT2D eigenvalue weighted by atomic mass is 32.7. The maximum atomic E-state index is 9.70. The van der Waals surface area contributed by atoms with Crippen LogP contribution in [-0.4, -0.2) is 4.89 Å². The molecule has 0 aromatic heterocycles. The van der Waals surface area contributed by atoms with Gasteiger partial charge in [0, 0.05) is 4.57 Å². The van der Waals surface area contributed by atoms with Crippen molar-refractivity contribution in [2.45, 2.75) is 0 Å². The van der Waals surface area contributed by atoms with Gasteiger partial charge in [-0.2, -0.15) is 0 Å². The molecule has 0 aromatic carbocycles. The van der Waals surface area contributed by atoms with Gasteiger partial charge in [0.2, 0.25) is 0 Å². The second-order valence-electron chi connectivity index (χ2n) is 0.557. The summed E-state index contributed by atoms with van der Waals surface area (Å²) in [4.78, 5) is 7.78. The molecule has 2 atom stereocenters. The Hall–Kier alpha value is 0.470. The summed E-state index contributed by atoms with van der Waals surface area (Å²) in [7, 11) is -4.98. The van der Waals surface area contributed by atoms with Crippen LogP contribution in [0.25, 0.3) is 0 Å². The average Bonchev–Trinajstić information content (AvgIpc) is 1.27. The fourth-order valence-electron chi connectivity index (χ4n) is 0.0598. The van der Waals surface area contributed by atoms with Crippen LogP contribution in [0, 0.1) is 0 Å². The van der Waals surface area contributed by atoms with Crippen LogP contribution in [0.4, 0.5) is 0 Å². The van der Waals surface area contributed by atoms with Gasteiger partial charge in [0.1, 0.15) is 12.2 Å². The monoisotopic (exact) mass is 160 g/mol. The Balaban J connectivity index is 3.32. The Morgan fingerprint density at radius 3 is 2.00 bits per heavy atom. The van der Waals surface area contributed by atoms with Gasteiger partial charge < -0.3 is 0 Å². The smallest absolute Gasteiger partial charge is 0.131 e. The van der Waals surface area contributed by atoms with Gasteiger partial charge in [0.25, 0.3) is 0 Å². The van der Waals surface area contributed by atoms with E-state index in [4.69, 9.17) is 4.89 Å². The van der Waals surface area contributed by atoms with Crippen LogP contribution >= 0.6 is 27.7 Å². The first kappa shape index (κ1) is 7.47. The van der Waals surface area contributed by atoms with E-state index < -0.39 is 15.5 Å². The third-order valence-corrected chi connectivity index (χ3v) is 1.91. The molecule has 0 bridgehead atoms. The van der Waals surface area contributed by atoms with Crippen molar-refractivity contribution in [3.05, 3.63) is 0 Å². The van der Waals surface area contributed by atoms with Crippen LogP contribution < -0.4 is 0 Å². The van der Waals surface area contributed by atoms with Crippen LogP contribution in [0.3, 0.4) is 0 Å². The number of thiol groups is 1. The van der Waals surface area contributed by atoms with Gasteiger partial charge in [-0.05, 0) is 4.57 Å². The first-order valence-electron chi connectivity index (χ1n) is 1.13. The molecule has 0 fully saturated rings. The van der Waals surface area contributed by atoms with Crippen molar-refractivity contribution in [3.63, 3.8) is 0 Å². The largest absolute Gasteiger partial charge is 0.743 e. The molecule has 0 spiro atoms. The first-order valence-corrected chi connectivity index (χ1v) is 4.59. The lowest BCUT2D eigenvalue weighted by atomic mass is 15.8. The molecule has 0 amide bonds. The fourth-order valence-corrected chi connectivity index (χ4v) is 1.10. The number of rotatable bonds is 2. The minimum atomic E-state index is -2.75. The van der Waals surface area contributed by atoms with Gasteiger partial charge >= 0.3 is 15.5 Å². The Bertz CT molecular complexity index is 85.9. The molecule has 7 heteroatoms. The van der Waals surface area contributed by atoms with Crippen LogP contribution in [0.15, 0.2) is 0 Å². The molecule has 2 unspecified atom stereocenters. The SMILES string of the molecule is O=[P+](O)O[P+](=O)S. The molecule has 0 heterocycles. The fraction of sp³-hybridized carbons (Fsp3) is 0. The lowest BCUT2D eigenvalue weighted by molar-refractivity contribution is 0.417. The zero-order valence-electron chi connectivity index (χ0n) is 3.01. The van der Waals surface area contributed by atoms with E-state index in [1.807, 2.05) is 0 Å². The molecule has 0 saturated heterocycles. The average molecular weight is 160 g/mol. The normalized spacial score (nSPS) is 13.4. The van der Waals surface area contributed by atoms with Crippen LogP contribution in [-0.2, 0) is 13.4 Å². The van der Waals surface area contributed by atoms with Crippen molar-refractivity contribution in [1.82, 2.24) is 0 Å². The summed E-state index contributed by atoms with van der Waals surface area (Å²) >= 11 is 3.18. The lowest BCUT2D eigenvalue weighted by Crippen LogP contribution is -1.52. The summed E-state index contributed by atoms with van der Waals surface area (Å²) in [6.07, 6.45) is 0. The van der Waals surface area contributed by atoms with Crippen molar-refractivity contribution >= 4 is 27.7 Å². The molecule has 0 aliphatic carbocycles. The lowest BCUT2D eigenvalue weighted by Gasteiger charge is -1.51. The maximum Gasteiger partial charge on any atom is 0.743 e. The van der Waals surface area contributed by atoms with E-state index in [2.05, 4.69) is 16.6 Å². The van der Waals surface area contributed by atoms with Gasteiger partial charge in [-0.3, -0.25) is 0 Å².